The van der Waals surface area contributed by atoms with Gasteiger partial charge in [-0.2, -0.15) is 0 Å². The SMILES string of the molecule is CCn1ccnc1CC(O)CSc1ccc(Cl)cc1. The summed E-state index contributed by atoms with van der Waals surface area (Å²) in [5.41, 5.74) is 0. The van der Waals surface area contributed by atoms with Crippen molar-refractivity contribution in [1.29, 1.82) is 0 Å². The van der Waals surface area contributed by atoms with Crippen molar-refractivity contribution in [2.24, 2.45) is 0 Å². The lowest BCUT2D eigenvalue weighted by Crippen LogP contribution is -2.16. The number of thioether (sulfide) groups is 1. The number of halogens is 1. The lowest BCUT2D eigenvalue weighted by molar-refractivity contribution is 0.196. The second-order valence-corrected chi connectivity index (χ2v) is 5.78. The number of benzene rings is 1. The number of nitrogens with zero attached hydrogens (tertiary/aromatic N) is 2. The molecule has 2 rings (SSSR count). The fourth-order valence-electron chi connectivity index (χ4n) is 1.81. The normalized spacial score (nSPS) is 12.6. The summed E-state index contributed by atoms with van der Waals surface area (Å²) in [6, 6.07) is 7.65. The van der Waals surface area contributed by atoms with E-state index in [1.54, 1.807) is 18.0 Å². The Morgan fingerprint density at radius 2 is 2.11 bits per heavy atom. The highest BCUT2D eigenvalue weighted by Gasteiger charge is 2.10. The van der Waals surface area contributed by atoms with Gasteiger partial charge in [-0.05, 0) is 31.2 Å². The van der Waals surface area contributed by atoms with Gasteiger partial charge in [-0.3, -0.25) is 0 Å². The van der Waals surface area contributed by atoms with Crippen LogP contribution in [0.15, 0.2) is 41.6 Å². The molecular formula is C14H17ClN2OS. The number of aryl methyl sites for hydroxylation is 1. The molecule has 1 atom stereocenters. The van der Waals surface area contributed by atoms with Crippen LogP contribution in [0.4, 0.5) is 0 Å². The maximum absolute atomic E-state index is 10.1. The lowest BCUT2D eigenvalue weighted by Gasteiger charge is -2.11. The van der Waals surface area contributed by atoms with E-state index in [9.17, 15) is 5.11 Å². The standard InChI is InChI=1S/C14H17ClN2OS/c1-2-17-8-7-16-14(17)9-12(18)10-19-13-5-3-11(15)4-6-13/h3-8,12,18H,2,9-10H2,1H3. The number of aliphatic hydroxyl groups is 1. The van der Waals surface area contributed by atoms with Crippen LogP contribution in [0.1, 0.15) is 12.7 Å². The fraction of sp³-hybridized carbons (Fsp3) is 0.357. The number of rotatable bonds is 6. The molecule has 0 bridgehead atoms. The number of aliphatic hydroxyl groups excluding tert-OH is 1. The molecule has 0 aliphatic heterocycles. The summed E-state index contributed by atoms with van der Waals surface area (Å²) < 4.78 is 2.05. The van der Waals surface area contributed by atoms with Crippen molar-refractivity contribution in [3.63, 3.8) is 0 Å². The van der Waals surface area contributed by atoms with Gasteiger partial charge in [-0.1, -0.05) is 11.6 Å². The minimum absolute atomic E-state index is 0.395. The Bertz CT molecular complexity index is 512. The molecule has 0 aliphatic rings. The third-order valence-electron chi connectivity index (χ3n) is 2.82. The predicted octanol–water partition coefficient (Wildman–Crippen LogP) is 3.25. The second kappa shape index (κ2) is 6.98. The first kappa shape index (κ1) is 14.4. The van der Waals surface area contributed by atoms with E-state index >= 15 is 0 Å². The van der Waals surface area contributed by atoms with Crippen molar-refractivity contribution < 1.29 is 5.11 Å². The summed E-state index contributed by atoms with van der Waals surface area (Å²) in [7, 11) is 0. The van der Waals surface area contributed by atoms with Crippen LogP contribution in [0, 0.1) is 0 Å². The summed E-state index contributed by atoms with van der Waals surface area (Å²) in [6.07, 6.45) is 3.90. The molecular weight excluding hydrogens is 280 g/mol. The van der Waals surface area contributed by atoms with Crippen LogP contribution in [0.25, 0.3) is 0 Å². The van der Waals surface area contributed by atoms with E-state index in [-0.39, 0.29) is 0 Å². The number of aromatic nitrogens is 2. The van der Waals surface area contributed by atoms with Crippen LogP contribution < -0.4 is 0 Å². The Morgan fingerprint density at radius 3 is 2.79 bits per heavy atom. The van der Waals surface area contributed by atoms with Gasteiger partial charge in [-0.25, -0.2) is 4.98 Å². The van der Waals surface area contributed by atoms with E-state index in [1.165, 1.54) is 0 Å². The van der Waals surface area contributed by atoms with E-state index in [0.717, 1.165) is 22.3 Å². The summed E-state index contributed by atoms with van der Waals surface area (Å²) in [5.74, 6) is 1.59. The van der Waals surface area contributed by atoms with Crippen LogP contribution in [-0.4, -0.2) is 26.5 Å². The van der Waals surface area contributed by atoms with Crippen molar-refractivity contribution in [2.75, 3.05) is 5.75 Å². The van der Waals surface area contributed by atoms with Gasteiger partial charge in [0.05, 0.1) is 6.10 Å². The molecule has 0 amide bonds. The molecule has 5 heteroatoms. The summed E-state index contributed by atoms with van der Waals surface area (Å²) in [5, 5.41) is 10.8. The quantitative estimate of drug-likeness (QED) is 0.832. The van der Waals surface area contributed by atoms with Gasteiger partial charge in [0.15, 0.2) is 0 Å². The van der Waals surface area contributed by atoms with Crippen molar-refractivity contribution in [2.45, 2.75) is 30.9 Å². The van der Waals surface area contributed by atoms with Gasteiger partial charge in [0.25, 0.3) is 0 Å². The Kier molecular flexibility index (Phi) is 5.31. The van der Waals surface area contributed by atoms with Crippen molar-refractivity contribution in [1.82, 2.24) is 9.55 Å². The zero-order valence-electron chi connectivity index (χ0n) is 10.8. The highest BCUT2D eigenvalue weighted by atomic mass is 35.5. The molecule has 3 nitrogen and oxygen atoms in total. The summed E-state index contributed by atoms with van der Waals surface area (Å²) >= 11 is 7.46. The molecule has 0 aliphatic carbocycles. The highest BCUT2D eigenvalue weighted by Crippen LogP contribution is 2.21. The minimum atomic E-state index is -0.395. The van der Waals surface area contributed by atoms with Crippen molar-refractivity contribution >= 4 is 23.4 Å². The Hall–Kier alpha value is -0.970. The summed E-state index contributed by atoms with van der Waals surface area (Å²) in [6.45, 7) is 2.95. The molecule has 0 radical (unpaired) electrons. The maximum Gasteiger partial charge on any atom is 0.111 e. The lowest BCUT2D eigenvalue weighted by atomic mass is 10.3. The third kappa shape index (κ3) is 4.27. The molecule has 0 saturated heterocycles. The molecule has 19 heavy (non-hydrogen) atoms. The topological polar surface area (TPSA) is 38.0 Å². The zero-order chi connectivity index (χ0) is 13.7. The van der Waals surface area contributed by atoms with Crippen molar-refractivity contribution in [3.05, 3.63) is 47.5 Å². The minimum Gasteiger partial charge on any atom is -0.392 e. The first-order valence-electron chi connectivity index (χ1n) is 6.25. The van der Waals surface area contributed by atoms with E-state index in [4.69, 9.17) is 11.6 Å². The predicted molar refractivity (Wildman–Crippen MR) is 79.8 cm³/mol. The molecule has 1 aromatic carbocycles. The van der Waals surface area contributed by atoms with Gasteiger partial charge in [0.1, 0.15) is 5.82 Å². The van der Waals surface area contributed by atoms with Crippen LogP contribution in [0.3, 0.4) is 0 Å². The molecule has 1 unspecified atom stereocenters. The fourth-order valence-corrected chi connectivity index (χ4v) is 2.77. The van der Waals surface area contributed by atoms with E-state index in [0.29, 0.717) is 12.2 Å². The Labute approximate surface area is 122 Å². The average molecular weight is 297 g/mol. The number of hydrogen-bond donors (Lipinski definition) is 1. The van der Waals surface area contributed by atoms with Crippen LogP contribution in [0.2, 0.25) is 5.02 Å². The molecule has 2 aromatic rings. The molecule has 0 saturated carbocycles. The largest absolute Gasteiger partial charge is 0.392 e. The van der Waals surface area contributed by atoms with Gasteiger partial charge in [-0.15, -0.1) is 11.8 Å². The monoisotopic (exact) mass is 296 g/mol. The van der Waals surface area contributed by atoms with Gasteiger partial charge in [0, 0.05) is 41.0 Å². The van der Waals surface area contributed by atoms with Gasteiger partial charge in [0.2, 0.25) is 0 Å². The number of hydrogen-bond acceptors (Lipinski definition) is 3. The molecule has 1 heterocycles. The average Bonchev–Trinajstić information content (AvgIpc) is 2.85. The highest BCUT2D eigenvalue weighted by molar-refractivity contribution is 7.99. The van der Waals surface area contributed by atoms with E-state index < -0.39 is 6.10 Å². The van der Waals surface area contributed by atoms with E-state index in [1.807, 2.05) is 30.5 Å². The van der Waals surface area contributed by atoms with Crippen molar-refractivity contribution in [3.8, 4) is 0 Å². The van der Waals surface area contributed by atoms with Gasteiger partial charge < -0.3 is 9.67 Å². The van der Waals surface area contributed by atoms with Crippen LogP contribution >= 0.6 is 23.4 Å². The first-order valence-corrected chi connectivity index (χ1v) is 7.62. The molecule has 102 valence electrons. The van der Waals surface area contributed by atoms with Crippen LogP contribution in [-0.2, 0) is 13.0 Å². The Morgan fingerprint density at radius 1 is 1.37 bits per heavy atom. The number of imidazole rings is 1. The third-order valence-corrected chi connectivity index (χ3v) is 4.23. The summed E-state index contributed by atoms with van der Waals surface area (Å²) in [4.78, 5) is 5.38. The smallest absolute Gasteiger partial charge is 0.111 e. The Balaban J connectivity index is 1.84. The maximum atomic E-state index is 10.1. The molecule has 0 fully saturated rings. The molecule has 0 spiro atoms. The van der Waals surface area contributed by atoms with E-state index in [2.05, 4.69) is 16.5 Å². The van der Waals surface area contributed by atoms with Crippen LogP contribution in [0.5, 0.6) is 0 Å². The first-order chi connectivity index (χ1) is 9.19. The second-order valence-electron chi connectivity index (χ2n) is 4.25. The molecule has 1 N–H and O–H groups in total. The van der Waals surface area contributed by atoms with Gasteiger partial charge >= 0.3 is 0 Å². The molecule has 1 aromatic heterocycles. The zero-order valence-corrected chi connectivity index (χ0v) is 12.4.